The van der Waals surface area contributed by atoms with E-state index in [9.17, 15) is 0 Å². The fourth-order valence-electron chi connectivity index (χ4n) is 2.95. The average molecular weight is 429 g/mol. The molecule has 3 atom stereocenters. The summed E-state index contributed by atoms with van der Waals surface area (Å²) in [7, 11) is 0. The summed E-state index contributed by atoms with van der Waals surface area (Å²) in [5.74, 6) is 1.43. The molecule has 1 saturated carbocycles. The van der Waals surface area contributed by atoms with Gasteiger partial charge in [0.05, 0.1) is 3.79 Å². The first-order valence-electron chi connectivity index (χ1n) is 7.43. The van der Waals surface area contributed by atoms with Gasteiger partial charge in [-0.25, -0.2) is 0 Å². The van der Waals surface area contributed by atoms with Crippen LogP contribution in [0, 0.1) is 5.92 Å². The molecule has 1 heterocycles. The molecule has 1 aliphatic carbocycles. The molecule has 1 fully saturated rings. The Balaban J connectivity index is 1.78. The van der Waals surface area contributed by atoms with Gasteiger partial charge in [-0.1, -0.05) is 37.3 Å². The maximum Gasteiger partial charge on any atom is 0.0843 e. The molecule has 1 aromatic heterocycles. The van der Waals surface area contributed by atoms with Crippen LogP contribution >= 0.6 is 43.2 Å². The van der Waals surface area contributed by atoms with Gasteiger partial charge in [0.2, 0.25) is 0 Å². The maximum atomic E-state index is 3.76. The van der Waals surface area contributed by atoms with E-state index in [1.54, 1.807) is 0 Å². The van der Waals surface area contributed by atoms with Crippen molar-refractivity contribution in [1.82, 2.24) is 5.32 Å². The summed E-state index contributed by atoms with van der Waals surface area (Å²) in [6.45, 7) is 3.31. The molecule has 1 aromatic carbocycles. The van der Waals surface area contributed by atoms with Gasteiger partial charge in [0, 0.05) is 15.4 Å². The van der Waals surface area contributed by atoms with Gasteiger partial charge in [-0.2, -0.15) is 0 Å². The van der Waals surface area contributed by atoms with E-state index in [1.807, 2.05) is 11.3 Å². The number of hydrogen-bond donors (Lipinski definition) is 1. The Labute approximate surface area is 147 Å². The van der Waals surface area contributed by atoms with Crippen LogP contribution in [0.25, 0.3) is 0 Å². The minimum Gasteiger partial charge on any atom is -0.309 e. The first kappa shape index (κ1) is 15.7. The van der Waals surface area contributed by atoms with Gasteiger partial charge in [0.25, 0.3) is 0 Å². The van der Waals surface area contributed by atoms with Crippen molar-refractivity contribution in [3.63, 3.8) is 0 Å². The van der Waals surface area contributed by atoms with Crippen molar-refractivity contribution >= 4 is 43.2 Å². The van der Waals surface area contributed by atoms with Crippen LogP contribution in [0.2, 0.25) is 0 Å². The largest absolute Gasteiger partial charge is 0.309 e. The van der Waals surface area contributed by atoms with Crippen LogP contribution in [-0.2, 0) is 0 Å². The molecule has 4 heteroatoms. The predicted molar refractivity (Wildman–Crippen MR) is 98.0 cm³/mol. The Bertz CT molecular complexity index is 577. The number of thiophene rings is 1. The molecule has 0 bridgehead atoms. The zero-order valence-electron chi connectivity index (χ0n) is 12.0. The summed E-state index contributed by atoms with van der Waals surface area (Å²) in [5.41, 5.74) is 1.49. The van der Waals surface area contributed by atoms with Gasteiger partial charge in [0.15, 0.2) is 0 Å². The molecule has 21 heavy (non-hydrogen) atoms. The molecule has 3 unspecified atom stereocenters. The zero-order valence-corrected chi connectivity index (χ0v) is 16.0. The molecule has 0 saturated heterocycles. The lowest BCUT2D eigenvalue weighted by Crippen LogP contribution is -2.23. The third kappa shape index (κ3) is 3.61. The normalized spacial score (nSPS) is 22.2. The molecule has 1 N–H and O–H groups in total. The lowest BCUT2D eigenvalue weighted by molar-refractivity contribution is 0.480. The molecule has 1 nitrogen and oxygen atoms in total. The molecule has 2 aromatic rings. The van der Waals surface area contributed by atoms with Crippen molar-refractivity contribution in [1.29, 1.82) is 0 Å². The van der Waals surface area contributed by atoms with Crippen molar-refractivity contribution in [3.05, 3.63) is 55.1 Å². The lowest BCUT2D eigenvalue weighted by atomic mass is 10.0. The summed E-state index contributed by atoms with van der Waals surface area (Å²) in [4.78, 5) is 1.44. The van der Waals surface area contributed by atoms with E-state index in [4.69, 9.17) is 0 Å². The minimum atomic E-state index is 0.475. The summed E-state index contributed by atoms with van der Waals surface area (Å²) in [5, 5.41) is 3.76. The minimum absolute atomic E-state index is 0.475. The van der Waals surface area contributed by atoms with Crippen molar-refractivity contribution < 1.29 is 0 Å². The summed E-state index contributed by atoms with van der Waals surface area (Å²) < 4.78 is 2.36. The highest BCUT2D eigenvalue weighted by Gasteiger charge is 2.44. The van der Waals surface area contributed by atoms with E-state index in [2.05, 4.69) is 80.5 Å². The molecule has 112 valence electrons. The summed E-state index contributed by atoms with van der Waals surface area (Å²) in [6, 6.07) is 13.7. The van der Waals surface area contributed by atoms with Crippen LogP contribution in [-0.4, -0.2) is 6.54 Å². The molecule has 0 spiro atoms. The number of hydrogen-bond acceptors (Lipinski definition) is 2. The van der Waals surface area contributed by atoms with E-state index in [1.165, 1.54) is 31.5 Å². The third-order valence-corrected chi connectivity index (χ3v) is 7.42. The van der Waals surface area contributed by atoms with Crippen molar-refractivity contribution in [2.24, 2.45) is 5.92 Å². The van der Waals surface area contributed by atoms with Crippen LogP contribution in [0.4, 0.5) is 0 Å². The second kappa shape index (κ2) is 6.95. The second-order valence-electron chi connectivity index (χ2n) is 5.62. The maximum absolute atomic E-state index is 3.76. The molecular weight excluding hydrogens is 410 g/mol. The molecule has 1 aliphatic rings. The fourth-order valence-corrected chi connectivity index (χ4v) is 5.19. The SMILES string of the molecule is CCCNC(c1cc(Br)c(Br)s1)C1CC1c1ccccc1. The van der Waals surface area contributed by atoms with Crippen molar-refractivity contribution in [2.45, 2.75) is 31.7 Å². The van der Waals surface area contributed by atoms with Crippen molar-refractivity contribution in [2.75, 3.05) is 6.54 Å². The Morgan fingerprint density at radius 2 is 2.05 bits per heavy atom. The van der Waals surface area contributed by atoms with E-state index < -0.39 is 0 Å². The van der Waals surface area contributed by atoms with E-state index in [-0.39, 0.29) is 0 Å². The third-order valence-electron chi connectivity index (χ3n) is 4.08. The van der Waals surface area contributed by atoms with E-state index in [0.717, 1.165) is 12.5 Å². The molecule has 0 aliphatic heterocycles. The fraction of sp³-hybridized carbons (Fsp3) is 0.412. The summed E-state index contributed by atoms with van der Waals surface area (Å²) in [6.07, 6.45) is 2.46. The average Bonchev–Trinajstić information content (AvgIpc) is 3.21. The van der Waals surface area contributed by atoms with Crippen LogP contribution < -0.4 is 5.32 Å². The topological polar surface area (TPSA) is 12.0 Å². The number of benzene rings is 1. The van der Waals surface area contributed by atoms with Gasteiger partial charge < -0.3 is 5.32 Å². The monoisotopic (exact) mass is 427 g/mol. The highest BCUT2D eigenvalue weighted by atomic mass is 79.9. The zero-order chi connectivity index (χ0) is 14.8. The Kier molecular flexibility index (Phi) is 5.20. The molecule has 3 rings (SSSR count). The van der Waals surface area contributed by atoms with Gasteiger partial charge in [0.1, 0.15) is 0 Å². The Morgan fingerprint density at radius 3 is 2.67 bits per heavy atom. The van der Waals surface area contributed by atoms with Crippen LogP contribution in [0.1, 0.15) is 42.2 Å². The molecule has 0 radical (unpaired) electrons. The van der Waals surface area contributed by atoms with Gasteiger partial charge >= 0.3 is 0 Å². The van der Waals surface area contributed by atoms with Crippen LogP contribution in [0.3, 0.4) is 0 Å². The second-order valence-corrected chi connectivity index (χ2v) is 8.87. The van der Waals surface area contributed by atoms with Crippen LogP contribution in [0.15, 0.2) is 44.7 Å². The van der Waals surface area contributed by atoms with Crippen LogP contribution in [0.5, 0.6) is 0 Å². The van der Waals surface area contributed by atoms with Gasteiger partial charge in [-0.3, -0.25) is 0 Å². The van der Waals surface area contributed by atoms with E-state index in [0.29, 0.717) is 12.0 Å². The first-order valence-corrected chi connectivity index (χ1v) is 9.84. The highest BCUT2D eigenvalue weighted by Crippen LogP contribution is 2.55. The molecule has 0 amide bonds. The first-order chi connectivity index (χ1) is 10.2. The highest BCUT2D eigenvalue weighted by molar-refractivity contribution is 9.13. The van der Waals surface area contributed by atoms with Gasteiger partial charge in [-0.05, 0) is 74.7 Å². The number of rotatable bonds is 6. The Morgan fingerprint density at radius 1 is 1.29 bits per heavy atom. The van der Waals surface area contributed by atoms with E-state index >= 15 is 0 Å². The molecular formula is C17H19Br2NS. The van der Waals surface area contributed by atoms with Gasteiger partial charge in [-0.15, -0.1) is 11.3 Å². The smallest absolute Gasteiger partial charge is 0.0843 e. The standard InChI is InChI=1S/C17H19Br2NS/c1-2-8-20-16(15-10-14(18)17(19)21-15)13-9-12(13)11-6-4-3-5-7-11/h3-7,10,12-13,16,20H,2,8-9H2,1H3. The number of nitrogens with one attached hydrogen (secondary N) is 1. The number of halogens is 2. The Hall–Kier alpha value is -0.160. The van der Waals surface area contributed by atoms with Crippen molar-refractivity contribution in [3.8, 4) is 0 Å². The lowest BCUT2D eigenvalue weighted by Gasteiger charge is -2.17. The quantitative estimate of drug-likeness (QED) is 0.584. The predicted octanol–water partition coefficient (Wildman–Crippen LogP) is 6.12. The summed E-state index contributed by atoms with van der Waals surface area (Å²) >= 11 is 9.09.